The van der Waals surface area contributed by atoms with Gasteiger partial charge in [-0.15, -0.1) is 0 Å². The third-order valence-corrected chi connectivity index (χ3v) is 5.43. The van der Waals surface area contributed by atoms with Crippen molar-refractivity contribution in [2.75, 3.05) is 18.9 Å². The summed E-state index contributed by atoms with van der Waals surface area (Å²) in [5, 5.41) is 5.61. The fraction of sp³-hybridized carbons (Fsp3) is 0.571. The monoisotopic (exact) mass is 422 g/mol. The molecule has 0 radical (unpaired) electrons. The first-order valence-electron chi connectivity index (χ1n) is 9.94. The van der Waals surface area contributed by atoms with Crippen LogP contribution in [-0.2, 0) is 29.6 Å². The summed E-state index contributed by atoms with van der Waals surface area (Å²) in [6, 6.07) is 9.22. The maximum absolute atomic E-state index is 12.6. The van der Waals surface area contributed by atoms with Gasteiger partial charge in [0.25, 0.3) is 5.91 Å². The third kappa shape index (κ3) is 8.06. The predicted octanol–water partition coefficient (Wildman–Crippen LogP) is 1.90. The van der Waals surface area contributed by atoms with Crippen LogP contribution in [0.25, 0.3) is 0 Å². The van der Waals surface area contributed by atoms with Crippen molar-refractivity contribution in [1.82, 2.24) is 10.6 Å². The Labute approximate surface area is 176 Å². The highest BCUT2D eigenvalue weighted by molar-refractivity contribution is 7.98. The van der Waals surface area contributed by atoms with E-state index >= 15 is 0 Å². The molecule has 0 spiro atoms. The molecular formula is C21H30N2O5S. The number of esters is 1. The predicted molar refractivity (Wildman–Crippen MR) is 112 cm³/mol. The Morgan fingerprint density at radius 2 is 1.90 bits per heavy atom. The average Bonchev–Trinajstić information content (AvgIpc) is 3.49. The molecule has 1 heterocycles. The van der Waals surface area contributed by atoms with Gasteiger partial charge in [-0.1, -0.05) is 44.2 Å². The minimum absolute atomic E-state index is 0.226. The van der Waals surface area contributed by atoms with Gasteiger partial charge in [-0.3, -0.25) is 9.59 Å². The summed E-state index contributed by atoms with van der Waals surface area (Å²) < 4.78 is 10.00. The van der Waals surface area contributed by atoms with E-state index in [9.17, 15) is 14.4 Å². The topological polar surface area (TPSA) is 97.0 Å². The largest absolute Gasteiger partial charge is 0.464 e. The van der Waals surface area contributed by atoms with Crippen molar-refractivity contribution in [2.45, 2.75) is 51.2 Å². The molecule has 8 heteroatoms. The van der Waals surface area contributed by atoms with E-state index in [1.165, 1.54) is 0 Å². The Balaban J connectivity index is 1.88. The van der Waals surface area contributed by atoms with Gasteiger partial charge in [0.1, 0.15) is 6.04 Å². The van der Waals surface area contributed by atoms with Gasteiger partial charge in [0.2, 0.25) is 5.91 Å². The smallest absolute Gasteiger partial charge is 0.338 e. The third-order valence-electron chi connectivity index (χ3n) is 4.32. The maximum Gasteiger partial charge on any atom is 0.338 e. The molecule has 0 unspecified atom stereocenters. The van der Waals surface area contributed by atoms with Crippen molar-refractivity contribution < 1.29 is 23.9 Å². The van der Waals surface area contributed by atoms with E-state index in [4.69, 9.17) is 9.47 Å². The molecule has 29 heavy (non-hydrogen) atoms. The van der Waals surface area contributed by atoms with E-state index in [1.807, 2.05) is 30.3 Å². The lowest BCUT2D eigenvalue weighted by Crippen LogP contribution is -2.50. The summed E-state index contributed by atoms with van der Waals surface area (Å²) in [6.45, 7) is 6.64. The van der Waals surface area contributed by atoms with Crippen LogP contribution in [0.15, 0.2) is 30.3 Å². The second kappa shape index (κ2) is 11.8. The Bertz CT molecular complexity index is 683. The molecule has 0 aromatic heterocycles. The zero-order valence-corrected chi connectivity index (χ0v) is 18.0. The second-order valence-corrected chi connectivity index (χ2v) is 8.30. The summed E-state index contributed by atoms with van der Waals surface area (Å²) in [5.74, 6) is 0.383. The van der Waals surface area contributed by atoms with Crippen molar-refractivity contribution in [3.05, 3.63) is 35.9 Å². The number of hydrogen-bond donors (Lipinski definition) is 2. The van der Waals surface area contributed by atoms with Crippen LogP contribution in [-0.4, -0.2) is 54.9 Å². The van der Waals surface area contributed by atoms with E-state index < -0.39 is 30.1 Å². The lowest BCUT2D eigenvalue weighted by molar-refractivity contribution is -0.144. The number of thioether (sulfide) groups is 1. The fourth-order valence-electron chi connectivity index (χ4n) is 2.63. The van der Waals surface area contributed by atoms with Gasteiger partial charge < -0.3 is 20.1 Å². The molecule has 1 aliphatic heterocycles. The summed E-state index contributed by atoms with van der Waals surface area (Å²) in [5.41, 5.74) is 1.15. The number of epoxide rings is 1. The van der Waals surface area contributed by atoms with Gasteiger partial charge in [-0.25, -0.2) is 4.79 Å². The van der Waals surface area contributed by atoms with Crippen LogP contribution in [0.2, 0.25) is 0 Å². The van der Waals surface area contributed by atoms with Crippen LogP contribution >= 0.6 is 11.8 Å². The molecule has 7 nitrogen and oxygen atoms in total. The molecule has 1 saturated heterocycles. The molecule has 1 aromatic rings. The quantitative estimate of drug-likeness (QED) is 0.394. The zero-order valence-electron chi connectivity index (χ0n) is 17.2. The molecule has 2 rings (SSSR count). The molecule has 0 aliphatic carbocycles. The number of hydrogen-bond acceptors (Lipinski definition) is 6. The van der Waals surface area contributed by atoms with Crippen LogP contribution in [0.3, 0.4) is 0 Å². The Morgan fingerprint density at radius 3 is 2.55 bits per heavy atom. The fourth-order valence-corrected chi connectivity index (χ4v) is 3.64. The summed E-state index contributed by atoms with van der Waals surface area (Å²) >= 11 is 1.56. The number of benzene rings is 1. The molecule has 0 saturated carbocycles. The number of carbonyl (C=O) groups excluding carboxylic acids is 3. The van der Waals surface area contributed by atoms with E-state index in [0.29, 0.717) is 18.2 Å². The van der Waals surface area contributed by atoms with E-state index in [0.717, 1.165) is 17.7 Å². The van der Waals surface area contributed by atoms with Crippen LogP contribution < -0.4 is 10.6 Å². The number of rotatable bonds is 12. The maximum atomic E-state index is 12.6. The van der Waals surface area contributed by atoms with Gasteiger partial charge in [0.15, 0.2) is 12.2 Å². The lowest BCUT2D eigenvalue weighted by atomic mass is 10.1. The SMILES string of the molecule is CCOC(=O)[C@H]1O[C@@H]1C(=O)N[C@@H](CSCc1ccccc1)C(=O)NCCC(C)C. The molecule has 1 aromatic carbocycles. The standard InChI is InChI=1S/C21H30N2O5S/c1-4-27-21(26)18-17(28-18)20(25)23-16(19(24)22-11-10-14(2)3)13-29-12-15-8-6-5-7-9-15/h5-9,14,16-18H,4,10-13H2,1-3H3,(H,22,24)(H,23,25)/t16-,17-,18-/m0/s1. The van der Waals surface area contributed by atoms with E-state index in [1.54, 1.807) is 18.7 Å². The van der Waals surface area contributed by atoms with Crippen LogP contribution in [0.5, 0.6) is 0 Å². The molecule has 1 aliphatic rings. The first kappa shape index (κ1) is 23.2. The van der Waals surface area contributed by atoms with Gasteiger partial charge in [0.05, 0.1) is 6.61 Å². The first-order valence-corrected chi connectivity index (χ1v) is 11.1. The molecule has 160 valence electrons. The minimum atomic E-state index is -0.890. The molecule has 3 atom stereocenters. The average molecular weight is 423 g/mol. The van der Waals surface area contributed by atoms with Gasteiger partial charge >= 0.3 is 5.97 Å². The summed E-state index contributed by atoms with van der Waals surface area (Å²) in [6.07, 6.45) is -0.907. The van der Waals surface area contributed by atoms with E-state index in [-0.39, 0.29) is 12.5 Å². The zero-order chi connectivity index (χ0) is 21.2. The van der Waals surface area contributed by atoms with Crippen molar-refractivity contribution >= 4 is 29.5 Å². The van der Waals surface area contributed by atoms with Crippen molar-refractivity contribution in [1.29, 1.82) is 0 Å². The number of nitrogens with one attached hydrogen (secondary N) is 2. The van der Waals surface area contributed by atoms with Crippen molar-refractivity contribution in [3.8, 4) is 0 Å². The number of carbonyl (C=O) groups is 3. The lowest BCUT2D eigenvalue weighted by Gasteiger charge is -2.18. The van der Waals surface area contributed by atoms with Gasteiger partial charge in [-0.05, 0) is 24.8 Å². The Morgan fingerprint density at radius 1 is 1.17 bits per heavy atom. The number of ether oxygens (including phenoxy) is 2. The van der Waals surface area contributed by atoms with E-state index in [2.05, 4.69) is 24.5 Å². The Hall–Kier alpha value is -2.06. The molecule has 1 fully saturated rings. The van der Waals surface area contributed by atoms with Crippen LogP contribution in [0.4, 0.5) is 0 Å². The summed E-state index contributed by atoms with van der Waals surface area (Å²) in [4.78, 5) is 36.7. The minimum Gasteiger partial charge on any atom is -0.464 e. The van der Waals surface area contributed by atoms with Crippen LogP contribution in [0.1, 0.15) is 32.8 Å². The highest BCUT2D eigenvalue weighted by Crippen LogP contribution is 2.24. The molecule has 2 N–H and O–H groups in total. The summed E-state index contributed by atoms with van der Waals surface area (Å²) in [7, 11) is 0. The first-order chi connectivity index (χ1) is 13.9. The molecule has 0 bridgehead atoms. The number of amides is 2. The van der Waals surface area contributed by atoms with Crippen molar-refractivity contribution in [2.24, 2.45) is 5.92 Å². The highest BCUT2D eigenvalue weighted by Gasteiger charge is 2.52. The highest BCUT2D eigenvalue weighted by atomic mass is 32.2. The molecular weight excluding hydrogens is 392 g/mol. The normalized spacial score (nSPS) is 18.8. The Kier molecular flexibility index (Phi) is 9.47. The van der Waals surface area contributed by atoms with Crippen LogP contribution in [0, 0.1) is 5.92 Å². The van der Waals surface area contributed by atoms with Gasteiger partial charge in [0, 0.05) is 18.1 Å². The van der Waals surface area contributed by atoms with Crippen molar-refractivity contribution in [3.63, 3.8) is 0 Å². The second-order valence-electron chi connectivity index (χ2n) is 7.26. The van der Waals surface area contributed by atoms with Gasteiger partial charge in [-0.2, -0.15) is 11.8 Å². The molecule has 2 amide bonds.